The molecule has 0 aromatic carbocycles. The maximum Gasteiger partial charge on any atom is 0.100 e. The molecular formula is C5H11NO2. The van der Waals surface area contributed by atoms with Crippen LogP contribution in [0.15, 0.2) is 5.16 Å². The number of hydrogen-bond acceptors (Lipinski definition) is 3. The molecule has 48 valence electrons. The van der Waals surface area contributed by atoms with Crippen LogP contribution in [0.3, 0.4) is 0 Å². The lowest BCUT2D eigenvalue weighted by Gasteiger charge is -2.13. The van der Waals surface area contributed by atoms with Crippen LogP contribution in [0.2, 0.25) is 0 Å². The van der Waals surface area contributed by atoms with Crippen LogP contribution in [-0.4, -0.2) is 21.6 Å². The number of rotatable bonds is 1. The Morgan fingerprint density at radius 1 is 1.50 bits per heavy atom. The fourth-order valence-electron chi connectivity index (χ4n) is 0.122. The predicted octanol–water partition coefficient (Wildman–Crippen LogP) is 0.607. The molecule has 0 unspecified atom stereocenters. The fourth-order valence-corrected chi connectivity index (χ4v) is 0.122. The first-order chi connectivity index (χ1) is 3.48. The maximum atomic E-state index is 9.00. The van der Waals surface area contributed by atoms with Gasteiger partial charge in [-0.2, -0.15) is 0 Å². The molecule has 0 radical (unpaired) electrons. The monoisotopic (exact) mass is 117 g/mol. The first-order valence-electron chi connectivity index (χ1n) is 2.40. The zero-order chi connectivity index (χ0) is 6.78. The third kappa shape index (κ3) is 1.93. The van der Waals surface area contributed by atoms with Crippen molar-refractivity contribution >= 4 is 5.71 Å². The van der Waals surface area contributed by atoms with Crippen LogP contribution >= 0.6 is 0 Å². The van der Waals surface area contributed by atoms with Gasteiger partial charge < -0.3 is 10.3 Å². The lowest BCUT2D eigenvalue weighted by molar-refractivity contribution is 0.147. The van der Waals surface area contributed by atoms with Crippen LogP contribution in [0.1, 0.15) is 20.8 Å². The Hall–Kier alpha value is -0.570. The molecule has 0 fully saturated rings. The number of oxime groups is 1. The van der Waals surface area contributed by atoms with Crippen molar-refractivity contribution in [1.82, 2.24) is 0 Å². The first-order valence-corrected chi connectivity index (χ1v) is 2.40. The summed E-state index contributed by atoms with van der Waals surface area (Å²) in [7, 11) is 0. The van der Waals surface area contributed by atoms with Gasteiger partial charge in [-0.1, -0.05) is 5.16 Å². The molecule has 0 aliphatic heterocycles. The highest BCUT2D eigenvalue weighted by atomic mass is 16.4. The van der Waals surface area contributed by atoms with Crippen molar-refractivity contribution in [3.05, 3.63) is 0 Å². The molecule has 0 amide bonds. The third-order valence-electron chi connectivity index (χ3n) is 1.04. The van der Waals surface area contributed by atoms with Gasteiger partial charge in [0.05, 0.1) is 5.71 Å². The largest absolute Gasteiger partial charge is 0.411 e. The smallest absolute Gasteiger partial charge is 0.100 e. The molecule has 0 aromatic rings. The second-order valence-corrected chi connectivity index (χ2v) is 2.24. The van der Waals surface area contributed by atoms with E-state index in [0.717, 1.165) is 0 Å². The number of nitrogens with zero attached hydrogens (tertiary/aromatic N) is 1. The average Bonchev–Trinajstić information content (AvgIpc) is 1.62. The molecule has 0 saturated carbocycles. The summed E-state index contributed by atoms with van der Waals surface area (Å²) in [6, 6.07) is 0. The van der Waals surface area contributed by atoms with E-state index in [1.807, 2.05) is 0 Å². The second-order valence-electron chi connectivity index (χ2n) is 2.24. The van der Waals surface area contributed by atoms with E-state index in [-0.39, 0.29) is 0 Å². The van der Waals surface area contributed by atoms with Crippen LogP contribution in [-0.2, 0) is 0 Å². The van der Waals surface area contributed by atoms with Crippen LogP contribution in [0.4, 0.5) is 0 Å². The minimum Gasteiger partial charge on any atom is -0.411 e. The molecule has 0 heterocycles. The summed E-state index contributed by atoms with van der Waals surface area (Å²) < 4.78 is 0. The SMILES string of the molecule is CC(=NO)C(C)(C)O. The molecule has 0 aliphatic rings. The van der Waals surface area contributed by atoms with E-state index in [9.17, 15) is 0 Å². The van der Waals surface area contributed by atoms with Gasteiger partial charge in [-0.15, -0.1) is 0 Å². The summed E-state index contributed by atoms with van der Waals surface area (Å²) in [5.74, 6) is 0. The quantitative estimate of drug-likeness (QED) is 0.300. The normalized spacial score (nSPS) is 14.2. The van der Waals surface area contributed by atoms with Crippen molar-refractivity contribution in [2.75, 3.05) is 0 Å². The summed E-state index contributed by atoms with van der Waals surface area (Å²) in [5, 5.41) is 19.9. The summed E-state index contributed by atoms with van der Waals surface area (Å²) in [6.07, 6.45) is 0. The zero-order valence-corrected chi connectivity index (χ0v) is 5.34. The minimum atomic E-state index is -0.991. The Kier molecular flexibility index (Phi) is 1.98. The van der Waals surface area contributed by atoms with Crippen molar-refractivity contribution in [2.24, 2.45) is 5.16 Å². The summed E-state index contributed by atoms with van der Waals surface area (Å²) in [5.41, 5.74) is -0.674. The predicted molar refractivity (Wildman–Crippen MR) is 31.2 cm³/mol. The molecule has 0 rings (SSSR count). The maximum absolute atomic E-state index is 9.00. The summed E-state index contributed by atoms with van der Waals surface area (Å²) in [6.45, 7) is 4.67. The van der Waals surface area contributed by atoms with Crippen LogP contribution in [0.25, 0.3) is 0 Å². The van der Waals surface area contributed by atoms with Crippen molar-refractivity contribution < 1.29 is 10.3 Å². The zero-order valence-electron chi connectivity index (χ0n) is 5.34. The number of hydrogen-bond donors (Lipinski definition) is 2. The molecule has 0 aromatic heterocycles. The third-order valence-corrected chi connectivity index (χ3v) is 1.04. The molecular weight excluding hydrogens is 106 g/mol. The van der Waals surface area contributed by atoms with E-state index in [0.29, 0.717) is 5.71 Å². The molecule has 0 spiro atoms. The van der Waals surface area contributed by atoms with Gasteiger partial charge in [0.25, 0.3) is 0 Å². The molecule has 0 saturated heterocycles. The van der Waals surface area contributed by atoms with E-state index in [2.05, 4.69) is 5.16 Å². The highest BCUT2D eigenvalue weighted by Crippen LogP contribution is 2.02. The molecule has 3 heteroatoms. The Labute approximate surface area is 48.6 Å². The average molecular weight is 117 g/mol. The van der Waals surface area contributed by atoms with Gasteiger partial charge in [0.2, 0.25) is 0 Å². The van der Waals surface area contributed by atoms with Crippen molar-refractivity contribution in [2.45, 2.75) is 26.4 Å². The Morgan fingerprint density at radius 2 is 1.88 bits per heavy atom. The second kappa shape index (κ2) is 2.13. The Bertz CT molecular complexity index is 101. The van der Waals surface area contributed by atoms with Gasteiger partial charge >= 0.3 is 0 Å². The molecule has 0 atom stereocenters. The van der Waals surface area contributed by atoms with Crippen molar-refractivity contribution in [3.63, 3.8) is 0 Å². The van der Waals surface area contributed by atoms with Gasteiger partial charge in [0, 0.05) is 0 Å². The highest BCUT2D eigenvalue weighted by molar-refractivity contribution is 5.88. The minimum absolute atomic E-state index is 0.317. The Morgan fingerprint density at radius 3 is 1.88 bits per heavy atom. The van der Waals surface area contributed by atoms with Gasteiger partial charge in [-0.05, 0) is 20.8 Å². The first kappa shape index (κ1) is 7.43. The van der Waals surface area contributed by atoms with E-state index in [4.69, 9.17) is 10.3 Å². The van der Waals surface area contributed by atoms with Gasteiger partial charge in [-0.3, -0.25) is 0 Å². The molecule has 0 bridgehead atoms. The summed E-state index contributed by atoms with van der Waals surface area (Å²) in [4.78, 5) is 0. The fraction of sp³-hybridized carbons (Fsp3) is 0.800. The number of aliphatic hydroxyl groups is 1. The van der Waals surface area contributed by atoms with Gasteiger partial charge in [0.15, 0.2) is 0 Å². The van der Waals surface area contributed by atoms with E-state index in [1.165, 1.54) is 0 Å². The molecule has 2 N–H and O–H groups in total. The summed E-state index contributed by atoms with van der Waals surface area (Å²) >= 11 is 0. The topological polar surface area (TPSA) is 52.8 Å². The van der Waals surface area contributed by atoms with E-state index >= 15 is 0 Å². The lowest BCUT2D eigenvalue weighted by Crippen LogP contribution is -2.28. The van der Waals surface area contributed by atoms with E-state index < -0.39 is 5.60 Å². The van der Waals surface area contributed by atoms with Crippen LogP contribution < -0.4 is 0 Å². The van der Waals surface area contributed by atoms with E-state index in [1.54, 1.807) is 20.8 Å². The molecule has 0 aliphatic carbocycles. The molecule has 8 heavy (non-hydrogen) atoms. The Balaban J connectivity index is 4.03. The molecule has 3 nitrogen and oxygen atoms in total. The lowest BCUT2D eigenvalue weighted by atomic mass is 10.1. The highest BCUT2D eigenvalue weighted by Gasteiger charge is 2.16. The van der Waals surface area contributed by atoms with Crippen molar-refractivity contribution in [1.29, 1.82) is 0 Å². The van der Waals surface area contributed by atoms with Crippen LogP contribution in [0.5, 0.6) is 0 Å². The van der Waals surface area contributed by atoms with Gasteiger partial charge in [0.1, 0.15) is 5.60 Å². The standard InChI is InChI=1S/C5H11NO2/c1-4(6-8)5(2,3)7/h7-8H,1-3H3. The van der Waals surface area contributed by atoms with Gasteiger partial charge in [-0.25, -0.2) is 0 Å². The van der Waals surface area contributed by atoms with Crippen molar-refractivity contribution in [3.8, 4) is 0 Å². The van der Waals surface area contributed by atoms with Crippen LogP contribution in [0, 0.1) is 0 Å².